The molecule has 0 bridgehead atoms. The van der Waals surface area contributed by atoms with Crippen LogP contribution in [0.25, 0.3) is 10.6 Å². The van der Waals surface area contributed by atoms with Crippen LogP contribution in [0.5, 0.6) is 5.75 Å². The monoisotopic (exact) mass is 533 g/mol. The molecule has 3 aromatic carbocycles. The number of hydrogen-bond acceptors (Lipinski definition) is 7. The van der Waals surface area contributed by atoms with Gasteiger partial charge < -0.3 is 15.4 Å². The SMILES string of the molecule is COc1c(C)cc(-c2ncc(CNC(=O)c3ccc4c(c3)NC(=O)c3ccccc3S4(=O)=O)s2)cc1C. The standard InChI is InChI=1S/C27H23N3O5S2/c1-15-10-18(11-16(2)24(15)35-3)27-29-14-19(36-27)13-28-25(31)17-8-9-23-21(12-17)30-26(32)20-6-4-5-7-22(20)37(23,33)34/h4-12,14H,13H2,1-3H3,(H,28,31)(H,30,32). The van der Waals surface area contributed by atoms with E-state index in [9.17, 15) is 18.0 Å². The van der Waals surface area contributed by atoms with Crippen molar-refractivity contribution in [2.45, 2.75) is 30.2 Å². The molecule has 4 aromatic rings. The Balaban J connectivity index is 1.34. The topological polar surface area (TPSA) is 114 Å². The number of anilines is 1. The van der Waals surface area contributed by atoms with E-state index in [0.717, 1.165) is 32.3 Å². The number of sulfone groups is 1. The van der Waals surface area contributed by atoms with Gasteiger partial charge in [0.05, 0.1) is 34.7 Å². The van der Waals surface area contributed by atoms with E-state index >= 15 is 0 Å². The Morgan fingerprint density at radius 2 is 1.78 bits per heavy atom. The molecule has 2 amide bonds. The number of ether oxygens (including phenoxy) is 1. The number of hydrogen-bond donors (Lipinski definition) is 2. The average Bonchev–Trinajstić information content (AvgIpc) is 3.33. The zero-order valence-electron chi connectivity index (χ0n) is 20.3. The number of carbonyl (C=O) groups is 2. The molecule has 0 spiro atoms. The smallest absolute Gasteiger partial charge is 0.257 e. The molecule has 5 rings (SSSR count). The van der Waals surface area contributed by atoms with Crippen molar-refractivity contribution in [2.75, 3.05) is 12.4 Å². The van der Waals surface area contributed by atoms with Crippen molar-refractivity contribution < 1.29 is 22.7 Å². The van der Waals surface area contributed by atoms with E-state index in [1.54, 1.807) is 25.4 Å². The second kappa shape index (κ2) is 9.45. The Morgan fingerprint density at radius 3 is 2.51 bits per heavy atom. The van der Waals surface area contributed by atoms with Crippen LogP contribution in [0.3, 0.4) is 0 Å². The summed E-state index contributed by atoms with van der Waals surface area (Å²) in [7, 11) is -2.28. The van der Waals surface area contributed by atoms with Crippen LogP contribution in [0.1, 0.15) is 36.7 Å². The highest BCUT2D eigenvalue weighted by Crippen LogP contribution is 2.35. The largest absolute Gasteiger partial charge is 0.496 e. The van der Waals surface area contributed by atoms with Crippen molar-refractivity contribution in [2.24, 2.45) is 0 Å². The number of aromatic nitrogens is 1. The fourth-order valence-electron chi connectivity index (χ4n) is 4.39. The Kier molecular flexibility index (Phi) is 6.30. The molecule has 0 radical (unpaired) electrons. The fourth-order valence-corrected chi connectivity index (χ4v) is 6.82. The number of amides is 2. The molecule has 1 aliphatic rings. The van der Waals surface area contributed by atoms with Gasteiger partial charge >= 0.3 is 0 Å². The molecule has 0 aliphatic carbocycles. The molecule has 10 heteroatoms. The number of carbonyl (C=O) groups excluding carboxylic acids is 2. The van der Waals surface area contributed by atoms with Crippen LogP contribution in [0.4, 0.5) is 5.69 Å². The number of nitrogens with one attached hydrogen (secondary N) is 2. The zero-order valence-corrected chi connectivity index (χ0v) is 21.9. The van der Waals surface area contributed by atoms with Crippen molar-refractivity contribution in [3.63, 3.8) is 0 Å². The molecule has 0 saturated carbocycles. The first-order valence-corrected chi connectivity index (χ1v) is 13.7. The van der Waals surface area contributed by atoms with Gasteiger partial charge in [-0.15, -0.1) is 11.3 Å². The highest BCUT2D eigenvalue weighted by atomic mass is 32.2. The maximum Gasteiger partial charge on any atom is 0.257 e. The Hall–Kier alpha value is -4.02. The van der Waals surface area contributed by atoms with Crippen LogP contribution in [-0.4, -0.2) is 32.3 Å². The first kappa shape index (κ1) is 24.7. The molecule has 2 N–H and O–H groups in total. The first-order valence-electron chi connectivity index (χ1n) is 11.4. The lowest BCUT2D eigenvalue weighted by molar-refractivity contribution is 0.0949. The van der Waals surface area contributed by atoms with Gasteiger partial charge in [0.25, 0.3) is 11.8 Å². The number of rotatable bonds is 5. The third-order valence-electron chi connectivity index (χ3n) is 6.09. The summed E-state index contributed by atoms with van der Waals surface area (Å²) in [6.45, 7) is 4.21. The van der Waals surface area contributed by atoms with Crippen LogP contribution in [0, 0.1) is 13.8 Å². The number of aryl methyl sites for hydroxylation is 2. The highest BCUT2D eigenvalue weighted by molar-refractivity contribution is 7.91. The van der Waals surface area contributed by atoms with Gasteiger partial charge in [-0.2, -0.15) is 0 Å². The number of fused-ring (bicyclic) bond motifs is 2. The molecule has 8 nitrogen and oxygen atoms in total. The van der Waals surface area contributed by atoms with Crippen LogP contribution >= 0.6 is 11.3 Å². The Bertz CT molecular complexity index is 1650. The van der Waals surface area contributed by atoms with Crippen molar-refractivity contribution in [1.82, 2.24) is 10.3 Å². The molecule has 0 unspecified atom stereocenters. The number of nitrogens with zero attached hydrogens (tertiary/aromatic N) is 1. The second-order valence-electron chi connectivity index (χ2n) is 8.62. The molecular formula is C27H23N3O5S2. The van der Waals surface area contributed by atoms with Gasteiger partial charge in [0.1, 0.15) is 10.8 Å². The summed E-state index contributed by atoms with van der Waals surface area (Å²) < 4.78 is 31.7. The van der Waals surface area contributed by atoms with Gasteiger partial charge in [-0.05, 0) is 67.4 Å². The van der Waals surface area contributed by atoms with Gasteiger partial charge in [0, 0.05) is 22.2 Å². The van der Waals surface area contributed by atoms with Crippen LogP contribution in [0.15, 0.2) is 70.6 Å². The lowest BCUT2D eigenvalue weighted by Crippen LogP contribution is -2.22. The maximum absolute atomic E-state index is 13.1. The van der Waals surface area contributed by atoms with Crippen molar-refractivity contribution in [3.8, 4) is 16.3 Å². The second-order valence-corrected chi connectivity index (χ2v) is 11.6. The number of thiazole rings is 1. The molecule has 188 valence electrons. The van der Waals surface area contributed by atoms with Crippen LogP contribution in [-0.2, 0) is 16.4 Å². The molecule has 0 atom stereocenters. The van der Waals surface area contributed by atoms with E-state index < -0.39 is 21.7 Å². The predicted octanol–water partition coefficient (Wildman–Crippen LogP) is 4.76. The summed E-state index contributed by atoms with van der Waals surface area (Å²) in [5.41, 5.74) is 3.37. The van der Waals surface area contributed by atoms with Gasteiger partial charge in [0.15, 0.2) is 0 Å². The van der Waals surface area contributed by atoms with E-state index in [4.69, 9.17) is 4.74 Å². The minimum atomic E-state index is -3.93. The summed E-state index contributed by atoms with van der Waals surface area (Å²) in [5.74, 6) is -0.0969. The minimum absolute atomic E-state index is 0.0560. The highest BCUT2D eigenvalue weighted by Gasteiger charge is 2.31. The summed E-state index contributed by atoms with van der Waals surface area (Å²) in [5, 5.41) is 6.30. The third kappa shape index (κ3) is 4.49. The zero-order chi connectivity index (χ0) is 26.3. The normalized spacial score (nSPS) is 13.6. The summed E-state index contributed by atoms with van der Waals surface area (Å²) in [6.07, 6.45) is 1.72. The summed E-state index contributed by atoms with van der Waals surface area (Å²) in [6, 6.07) is 14.2. The maximum atomic E-state index is 13.1. The van der Waals surface area contributed by atoms with Gasteiger partial charge in [-0.25, -0.2) is 13.4 Å². The molecule has 0 fully saturated rings. The van der Waals surface area contributed by atoms with Crippen LogP contribution in [0.2, 0.25) is 0 Å². The van der Waals surface area contributed by atoms with Crippen molar-refractivity contribution >= 4 is 38.7 Å². The average molecular weight is 534 g/mol. The molecule has 2 heterocycles. The van der Waals surface area contributed by atoms with E-state index in [2.05, 4.69) is 15.6 Å². The third-order valence-corrected chi connectivity index (χ3v) is 9.01. The number of methoxy groups -OCH3 is 1. The predicted molar refractivity (Wildman–Crippen MR) is 141 cm³/mol. The van der Waals surface area contributed by atoms with Gasteiger partial charge in [-0.3, -0.25) is 9.59 Å². The molecule has 1 aromatic heterocycles. The molecule has 1 aliphatic heterocycles. The Labute approximate surface area is 218 Å². The quantitative estimate of drug-likeness (QED) is 0.382. The van der Waals surface area contributed by atoms with E-state index in [0.29, 0.717) is 0 Å². The lowest BCUT2D eigenvalue weighted by atomic mass is 10.1. The van der Waals surface area contributed by atoms with Crippen molar-refractivity contribution in [1.29, 1.82) is 0 Å². The van der Waals surface area contributed by atoms with E-state index in [-0.39, 0.29) is 33.2 Å². The molecule has 0 saturated heterocycles. The molecule has 37 heavy (non-hydrogen) atoms. The van der Waals surface area contributed by atoms with Crippen LogP contribution < -0.4 is 15.4 Å². The first-order chi connectivity index (χ1) is 17.7. The Morgan fingerprint density at radius 1 is 1.05 bits per heavy atom. The van der Waals surface area contributed by atoms with Gasteiger partial charge in [-0.1, -0.05) is 12.1 Å². The van der Waals surface area contributed by atoms with E-state index in [1.807, 2.05) is 26.0 Å². The summed E-state index contributed by atoms with van der Waals surface area (Å²) in [4.78, 5) is 30.8. The van der Waals surface area contributed by atoms with E-state index in [1.165, 1.54) is 41.7 Å². The summed E-state index contributed by atoms with van der Waals surface area (Å²) >= 11 is 1.47. The minimum Gasteiger partial charge on any atom is -0.496 e. The van der Waals surface area contributed by atoms with Crippen molar-refractivity contribution in [3.05, 3.63) is 87.9 Å². The molecular weight excluding hydrogens is 510 g/mol. The van der Waals surface area contributed by atoms with Gasteiger partial charge in [0.2, 0.25) is 9.84 Å². The fraction of sp³-hybridized carbons (Fsp3) is 0.148. The number of benzene rings is 3. The lowest BCUT2D eigenvalue weighted by Gasteiger charge is -2.10.